The molecule has 1 heterocycles. The number of rotatable bonds is 3. The van der Waals surface area contributed by atoms with Gasteiger partial charge in [-0.25, -0.2) is 0 Å². The third-order valence-corrected chi connectivity index (χ3v) is 6.47. The van der Waals surface area contributed by atoms with Gasteiger partial charge in [0.05, 0.1) is 24.5 Å². The molecule has 5 heteroatoms. The van der Waals surface area contributed by atoms with E-state index in [2.05, 4.69) is 19.2 Å². The van der Waals surface area contributed by atoms with Crippen LogP contribution in [0.2, 0.25) is 0 Å². The highest BCUT2D eigenvalue weighted by Gasteiger charge is 2.46. The van der Waals surface area contributed by atoms with Gasteiger partial charge in [0.1, 0.15) is 5.75 Å². The first kappa shape index (κ1) is 19.9. The van der Waals surface area contributed by atoms with Gasteiger partial charge in [0.25, 0.3) is 0 Å². The van der Waals surface area contributed by atoms with Crippen LogP contribution >= 0.6 is 0 Å². The number of ketones is 1. The molecule has 0 spiro atoms. The normalized spacial score (nSPS) is 22.2. The number of nitrogens with one attached hydrogen (secondary N) is 1. The summed E-state index contributed by atoms with van der Waals surface area (Å²) in [5, 5.41) is 3.55. The number of carbonyl (C=O) groups is 2. The van der Waals surface area contributed by atoms with E-state index in [1.165, 1.54) is 0 Å². The predicted molar refractivity (Wildman–Crippen MR) is 121 cm³/mol. The van der Waals surface area contributed by atoms with E-state index in [9.17, 15) is 9.59 Å². The maximum absolute atomic E-state index is 13.7. The summed E-state index contributed by atoms with van der Waals surface area (Å²) in [4.78, 5) is 29.1. The molecule has 1 atom stereocenters. The van der Waals surface area contributed by atoms with E-state index >= 15 is 0 Å². The standard InChI is InChI=1S/C26H28N2O3/c1-26(2)14-20-23(22(29)15-26)24(17-7-6-8-18(13-17)31-3)28(25(30)16-11-12-16)21-10-5-4-9-19(21)27-20/h4-10,13,16,24,27H,11-12,14-15H2,1-3H3/t24-/m1/s1. The monoisotopic (exact) mass is 416 g/mol. The van der Waals surface area contributed by atoms with Gasteiger partial charge in [0.15, 0.2) is 5.78 Å². The second kappa shape index (κ2) is 7.26. The Labute approximate surface area is 183 Å². The number of fused-ring (bicyclic) bond motifs is 1. The minimum atomic E-state index is -0.474. The summed E-state index contributed by atoms with van der Waals surface area (Å²) in [6, 6.07) is 15.2. The van der Waals surface area contributed by atoms with E-state index in [0.29, 0.717) is 17.7 Å². The molecule has 0 unspecified atom stereocenters. The zero-order chi connectivity index (χ0) is 21.8. The van der Waals surface area contributed by atoms with Crippen LogP contribution in [-0.2, 0) is 9.59 Å². The third-order valence-electron chi connectivity index (χ3n) is 6.47. The van der Waals surface area contributed by atoms with Crippen molar-refractivity contribution in [3.63, 3.8) is 0 Å². The number of Topliss-reactive ketones (excluding diaryl/α,β-unsaturated/α-hetero) is 1. The molecule has 2 aromatic rings. The Morgan fingerprint density at radius 1 is 1.10 bits per heavy atom. The molecule has 0 saturated heterocycles. The van der Waals surface area contributed by atoms with Gasteiger partial charge in [-0.1, -0.05) is 38.1 Å². The number of anilines is 2. The molecule has 1 N–H and O–H groups in total. The minimum absolute atomic E-state index is 0.0263. The van der Waals surface area contributed by atoms with Gasteiger partial charge < -0.3 is 10.1 Å². The molecule has 2 aromatic carbocycles. The number of hydrogen-bond acceptors (Lipinski definition) is 4. The number of ether oxygens (including phenoxy) is 1. The summed E-state index contributed by atoms with van der Waals surface area (Å²) < 4.78 is 5.48. The number of amides is 1. The zero-order valence-electron chi connectivity index (χ0n) is 18.3. The van der Waals surface area contributed by atoms with Crippen LogP contribution in [0, 0.1) is 11.3 Å². The van der Waals surface area contributed by atoms with Crippen molar-refractivity contribution in [3.8, 4) is 5.75 Å². The molecule has 1 fully saturated rings. The number of para-hydroxylation sites is 2. The number of benzene rings is 2. The number of hydrogen-bond donors (Lipinski definition) is 1. The maximum Gasteiger partial charge on any atom is 0.231 e. The lowest BCUT2D eigenvalue weighted by atomic mass is 9.73. The number of nitrogens with zero attached hydrogens (tertiary/aromatic N) is 1. The molecule has 1 aliphatic heterocycles. The van der Waals surface area contributed by atoms with Crippen LogP contribution in [0.1, 0.15) is 51.1 Å². The summed E-state index contributed by atoms with van der Waals surface area (Å²) in [5.74, 6) is 0.937. The van der Waals surface area contributed by atoms with Crippen molar-refractivity contribution in [2.24, 2.45) is 11.3 Å². The minimum Gasteiger partial charge on any atom is -0.497 e. The highest BCUT2D eigenvalue weighted by Crippen LogP contribution is 2.50. The van der Waals surface area contributed by atoms with Gasteiger partial charge >= 0.3 is 0 Å². The van der Waals surface area contributed by atoms with Crippen molar-refractivity contribution in [2.75, 3.05) is 17.3 Å². The molecule has 0 bridgehead atoms. The lowest BCUT2D eigenvalue weighted by molar-refractivity contribution is -0.120. The molecule has 3 aliphatic rings. The second-order valence-corrected chi connectivity index (χ2v) is 9.64. The Hall–Kier alpha value is -3.08. The average molecular weight is 417 g/mol. The number of allylic oxidation sites excluding steroid dienone is 1. The van der Waals surface area contributed by atoms with E-state index in [1.54, 1.807) is 7.11 Å². The van der Waals surface area contributed by atoms with Crippen molar-refractivity contribution < 1.29 is 14.3 Å². The lowest BCUT2D eigenvalue weighted by Crippen LogP contribution is -2.40. The fourth-order valence-electron chi connectivity index (χ4n) is 4.88. The SMILES string of the molecule is COc1cccc([C@@H]2C3=C(CC(C)(C)CC3=O)Nc3ccccc3N2C(=O)C2CC2)c1. The molecule has 160 valence electrons. The fourth-order valence-corrected chi connectivity index (χ4v) is 4.88. The number of methoxy groups -OCH3 is 1. The van der Waals surface area contributed by atoms with E-state index in [4.69, 9.17) is 4.74 Å². The van der Waals surface area contributed by atoms with E-state index < -0.39 is 6.04 Å². The Morgan fingerprint density at radius 3 is 2.61 bits per heavy atom. The second-order valence-electron chi connectivity index (χ2n) is 9.64. The van der Waals surface area contributed by atoms with Gasteiger partial charge in [0.2, 0.25) is 5.91 Å². The first-order valence-electron chi connectivity index (χ1n) is 11.0. The van der Waals surface area contributed by atoms with Crippen LogP contribution in [0.15, 0.2) is 59.8 Å². The quantitative estimate of drug-likeness (QED) is 0.743. The first-order chi connectivity index (χ1) is 14.9. The smallest absolute Gasteiger partial charge is 0.231 e. The Morgan fingerprint density at radius 2 is 1.87 bits per heavy atom. The molecule has 0 aromatic heterocycles. The van der Waals surface area contributed by atoms with Crippen LogP contribution in [-0.4, -0.2) is 18.8 Å². The molecule has 1 amide bonds. The van der Waals surface area contributed by atoms with E-state index in [0.717, 1.165) is 41.9 Å². The van der Waals surface area contributed by atoms with Crippen LogP contribution in [0.5, 0.6) is 5.75 Å². The highest BCUT2D eigenvalue weighted by atomic mass is 16.5. The van der Waals surface area contributed by atoms with Crippen LogP contribution in [0.3, 0.4) is 0 Å². The van der Waals surface area contributed by atoms with Crippen molar-refractivity contribution in [1.82, 2.24) is 0 Å². The van der Waals surface area contributed by atoms with Crippen molar-refractivity contribution >= 4 is 23.1 Å². The third kappa shape index (κ3) is 3.52. The van der Waals surface area contributed by atoms with Crippen molar-refractivity contribution in [3.05, 3.63) is 65.4 Å². The number of carbonyl (C=O) groups excluding carboxylic acids is 2. The van der Waals surface area contributed by atoms with Crippen LogP contribution < -0.4 is 15.0 Å². The summed E-state index contributed by atoms with van der Waals surface area (Å²) >= 11 is 0. The zero-order valence-corrected chi connectivity index (χ0v) is 18.3. The molecule has 2 aliphatic carbocycles. The molecule has 5 rings (SSSR count). The molecule has 0 radical (unpaired) electrons. The maximum atomic E-state index is 13.7. The van der Waals surface area contributed by atoms with Crippen LogP contribution in [0.25, 0.3) is 0 Å². The largest absolute Gasteiger partial charge is 0.497 e. The summed E-state index contributed by atoms with van der Waals surface area (Å²) in [6.45, 7) is 4.25. The summed E-state index contributed by atoms with van der Waals surface area (Å²) in [7, 11) is 1.63. The van der Waals surface area contributed by atoms with Gasteiger partial charge in [-0.2, -0.15) is 0 Å². The average Bonchev–Trinajstić information content (AvgIpc) is 3.58. The van der Waals surface area contributed by atoms with Gasteiger partial charge in [0, 0.05) is 23.6 Å². The van der Waals surface area contributed by atoms with Crippen LogP contribution in [0.4, 0.5) is 11.4 Å². The lowest BCUT2D eigenvalue weighted by Gasteiger charge is -2.37. The summed E-state index contributed by atoms with van der Waals surface area (Å²) in [6.07, 6.45) is 3.04. The van der Waals surface area contributed by atoms with Crippen molar-refractivity contribution in [2.45, 2.75) is 45.6 Å². The van der Waals surface area contributed by atoms with E-state index in [1.807, 2.05) is 53.4 Å². The summed E-state index contributed by atoms with van der Waals surface area (Å²) in [5.41, 5.74) is 4.09. The topological polar surface area (TPSA) is 58.6 Å². The first-order valence-corrected chi connectivity index (χ1v) is 11.0. The molecule has 31 heavy (non-hydrogen) atoms. The molecule has 5 nitrogen and oxygen atoms in total. The molecule has 1 saturated carbocycles. The Kier molecular flexibility index (Phi) is 4.65. The Balaban J connectivity index is 1.77. The molecular formula is C26H28N2O3. The van der Waals surface area contributed by atoms with Gasteiger partial charge in [-0.05, 0) is 54.5 Å². The van der Waals surface area contributed by atoms with Gasteiger partial charge in [-0.3, -0.25) is 14.5 Å². The highest BCUT2D eigenvalue weighted by molar-refractivity contribution is 6.07. The Bertz CT molecular complexity index is 1100. The van der Waals surface area contributed by atoms with Gasteiger partial charge in [-0.15, -0.1) is 0 Å². The molecular weight excluding hydrogens is 388 g/mol. The predicted octanol–water partition coefficient (Wildman–Crippen LogP) is 5.25. The van der Waals surface area contributed by atoms with Crippen molar-refractivity contribution in [1.29, 1.82) is 0 Å². The fraction of sp³-hybridized carbons (Fsp3) is 0.385. The van der Waals surface area contributed by atoms with E-state index in [-0.39, 0.29) is 23.0 Å².